The van der Waals surface area contributed by atoms with Crippen molar-refractivity contribution in [1.29, 1.82) is 0 Å². The summed E-state index contributed by atoms with van der Waals surface area (Å²) in [4.78, 5) is 28.1. The van der Waals surface area contributed by atoms with Crippen LogP contribution in [-0.4, -0.2) is 16.8 Å². The van der Waals surface area contributed by atoms with Crippen LogP contribution in [-0.2, 0) is 11.2 Å². The number of aryl methyl sites for hydroxylation is 2. The molecule has 0 saturated heterocycles. The number of hydrogen-bond acceptors (Lipinski definition) is 3. The molecule has 27 heavy (non-hydrogen) atoms. The number of carbonyl (C=O) groups excluding carboxylic acids is 2. The lowest BCUT2D eigenvalue weighted by atomic mass is 10.1. The lowest BCUT2D eigenvalue weighted by Crippen LogP contribution is -2.13. The summed E-state index contributed by atoms with van der Waals surface area (Å²) in [5, 5.41) is 5.67. The van der Waals surface area contributed by atoms with E-state index in [-0.39, 0.29) is 11.8 Å². The van der Waals surface area contributed by atoms with E-state index in [2.05, 4.69) is 15.6 Å². The topological polar surface area (TPSA) is 71.1 Å². The number of carbonyl (C=O) groups is 2. The molecule has 2 aromatic carbocycles. The van der Waals surface area contributed by atoms with E-state index < -0.39 is 0 Å². The fourth-order valence-electron chi connectivity index (χ4n) is 2.57. The maximum absolute atomic E-state index is 12.1. The van der Waals surface area contributed by atoms with E-state index >= 15 is 0 Å². The van der Waals surface area contributed by atoms with Gasteiger partial charge < -0.3 is 10.6 Å². The van der Waals surface area contributed by atoms with Crippen LogP contribution >= 0.6 is 0 Å². The van der Waals surface area contributed by atoms with E-state index in [9.17, 15) is 9.59 Å². The standard InChI is InChI=1S/C22H21N3O2/c1-16-4-6-17(7-5-16)8-13-21(26)24-19-9-11-20(12-10-19)25-22(27)18-3-2-14-23-15-18/h2-7,9-12,14-15H,8,13H2,1H3,(H,24,26)(H,25,27). The molecule has 5 heteroatoms. The summed E-state index contributed by atoms with van der Waals surface area (Å²) in [6.45, 7) is 2.04. The van der Waals surface area contributed by atoms with Crippen LogP contribution in [0, 0.1) is 6.92 Å². The Labute approximate surface area is 158 Å². The molecule has 5 nitrogen and oxygen atoms in total. The molecule has 0 unspecified atom stereocenters. The summed E-state index contributed by atoms with van der Waals surface area (Å²) in [5.74, 6) is -0.263. The quantitative estimate of drug-likeness (QED) is 0.692. The summed E-state index contributed by atoms with van der Waals surface area (Å²) >= 11 is 0. The van der Waals surface area contributed by atoms with Gasteiger partial charge in [0.25, 0.3) is 5.91 Å². The van der Waals surface area contributed by atoms with Crippen molar-refractivity contribution in [3.05, 3.63) is 89.7 Å². The average Bonchev–Trinajstić information content (AvgIpc) is 2.70. The molecular weight excluding hydrogens is 338 g/mol. The molecule has 1 heterocycles. The van der Waals surface area contributed by atoms with Crippen LogP contribution in [0.5, 0.6) is 0 Å². The first-order valence-corrected chi connectivity index (χ1v) is 8.77. The van der Waals surface area contributed by atoms with Crippen LogP contribution in [0.2, 0.25) is 0 Å². The molecule has 0 aliphatic carbocycles. The first kappa shape index (κ1) is 18.3. The molecule has 0 bridgehead atoms. The highest BCUT2D eigenvalue weighted by Crippen LogP contribution is 2.15. The Hall–Kier alpha value is -3.47. The highest BCUT2D eigenvalue weighted by molar-refractivity contribution is 6.04. The summed E-state index contributed by atoms with van der Waals surface area (Å²) in [5.41, 5.74) is 4.19. The summed E-state index contributed by atoms with van der Waals surface area (Å²) < 4.78 is 0. The smallest absolute Gasteiger partial charge is 0.257 e. The Balaban J connectivity index is 1.50. The largest absolute Gasteiger partial charge is 0.326 e. The van der Waals surface area contributed by atoms with E-state index in [4.69, 9.17) is 0 Å². The van der Waals surface area contributed by atoms with Gasteiger partial charge in [-0.3, -0.25) is 14.6 Å². The van der Waals surface area contributed by atoms with E-state index in [0.717, 1.165) is 5.56 Å². The van der Waals surface area contributed by atoms with Crippen LogP contribution in [0.1, 0.15) is 27.9 Å². The minimum Gasteiger partial charge on any atom is -0.326 e. The third-order valence-corrected chi connectivity index (χ3v) is 4.11. The zero-order chi connectivity index (χ0) is 19.1. The van der Waals surface area contributed by atoms with E-state index in [1.54, 1.807) is 42.6 Å². The molecule has 0 spiro atoms. The number of rotatable bonds is 6. The Kier molecular flexibility index (Phi) is 5.94. The van der Waals surface area contributed by atoms with Gasteiger partial charge in [0, 0.05) is 30.2 Å². The Morgan fingerprint density at radius 3 is 2.19 bits per heavy atom. The number of pyridine rings is 1. The monoisotopic (exact) mass is 359 g/mol. The van der Waals surface area contributed by atoms with Crippen LogP contribution in [0.3, 0.4) is 0 Å². The highest BCUT2D eigenvalue weighted by atomic mass is 16.2. The molecule has 0 atom stereocenters. The molecule has 0 aliphatic heterocycles. The van der Waals surface area contributed by atoms with Gasteiger partial charge in [-0.25, -0.2) is 0 Å². The minimum atomic E-state index is -0.224. The van der Waals surface area contributed by atoms with E-state index in [1.165, 1.54) is 11.8 Å². The van der Waals surface area contributed by atoms with Crippen molar-refractivity contribution in [2.45, 2.75) is 19.8 Å². The number of benzene rings is 2. The van der Waals surface area contributed by atoms with E-state index in [0.29, 0.717) is 29.8 Å². The van der Waals surface area contributed by atoms with Crippen molar-refractivity contribution < 1.29 is 9.59 Å². The molecule has 0 aliphatic rings. The molecule has 0 radical (unpaired) electrons. The molecule has 1 aromatic heterocycles. The number of hydrogen-bond donors (Lipinski definition) is 2. The fourth-order valence-corrected chi connectivity index (χ4v) is 2.57. The van der Waals surface area contributed by atoms with Gasteiger partial charge in [0.05, 0.1) is 5.56 Å². The lowest BCUT2D eigenvalue weighted by Gasteiger charge is -2.08. The van der Waals surface area contributed by atoms with Gasteiger partial charge in [-0.15, -0.1) is 0 Å². The van der Waals surface area contributed by atoms with Crippen molar-refractivity contribution in [3.63, 3.8) is 0 Å². The second-order valence-corrected chi connectivity index (χ2v) is 6.31. The van der Waals surface area contributed by atoms with Crippen molar-refractivity contribution in [3.8, 4) is 0 Å². The summed E-state index contributed by atoms with van der Waals surface area (Å²) in [6, 6.07) is 18.6. The van der Waals surface area contributed by atoms with Gasteiger partial charge in [-0.05, 0) is 55.3 Å². The molecular formula is C22H21N3O2. The van der Waals surface area contributed by atoms with Crippen LogP contribution < -0.4 is 10.6 Å². The molecule has 136 valence electrons. The zero-order valence-electron chi connectivity index (χ0n) is 15.1. The third kappa shape index (κ3) is 5.51. The highest BCUT2D eigenvalue weighted by Gasteiger charge is 2.07. The molecule has 2 amide bonds. The predicted molar refractivity (Wildman–Crippen MR) is 107 cm³/mol. The van der Waals surface area contributed by atoms with Gasteiger partial charge in [-0.1, -0.05) is 29.8 Å². The van der Waals surface area contributed by atoms with Gasteiger partial charge in [0.15, 0.2) is 0 Å². The summed E-state index contributed by atoms with van der Waals surface area (Å²) in [7, 11) is 0. The maximum Gasteiger partial charge on any atom is 0.257 e. The molecule has 0 fully saturated rings. The number of anilines is 2. The Morgan fingerprint density at radius 1 is 0.889 bits per heavy atom. The minimum absolute atomic E-state index is 0.0391. The number of nitrogens with one attached hydrogen (secondary N) is 2. The average molecular weight is 359 g/mol. The molecule has 0 saturated carbocycles. The second kappa shape index (κ2) is 8.76. The number of nitrogens with zero attached hydrogens (tertiary/aromatic N) is 1. The van der Waals surface area contributed by atoms with Crippen molar-refractivity contribution >= 4 is 23.2 Å². The maximum atomic E-state index is 12.1. The van der Waals surface area contributed by atoms with Gasteiger partial charge in [-0.2, -0.15) is 0 Å². The molecule has 3 rings (SSSR count). The van der Waals surface area contributed by atoms with Crippen molar-refractivity contribution in [2.75, 3.05) is 10.6 Å². The van der Waals surface area contributed by atoms with Crippen molar-refractivity contribution in [2.24, 2.45) is 0 Å². The van der Waals surface area contributed by atoms with E-state index in [1.807, 2.05) is 31.2 Å². The van der Waals surface area contributed by atoms with Crippen molar-refractivity contribution in [1.82, 2.24) is 4.98 Å². The normalized spacial score (nSPS) is 10.3. The predicted octanol–water partition coefficient (Wildman–Crippen LogP) is 4.21. The first-order chi connectivity index (χ1) is 13.1. The SMILES string of the molecule is Cc1ccc(CCC(=O)Nc2ccc(NC(=O)c3cccnc3)cc2)cc1. The molecule has 2 N–H and O–H groups in total. The van der Waals surface area contributed by atoms with Gasteiger partial charge in [0.1, 0.15) is 0 Å². The zero-order valence-corrected chi connectivity index (χ0v) is 15.1. The Bertz CT molecular complexity index is 905. The number of amides is 2. The first-order valence-electron chi connectivity index (χ1n) is 8.77. The summed E-state index contributed by atoms with van der Waals surface area (Å²) in [6.07, 6.45) is 4.25. The molecule has 3 aromatic rings. The van der Waals surface area contributed by atoms with Crippen LogP contribution in [0.25, 0.3) is 0 Å². The van der Waals surface area contributed by atoms with Gasteiger partial charge in [0.2, 0.25) is 5.91 Å². The van der Waals surface area contributed by atoms with Crippen LogP contribution in [0.4, 0.5) is 11.4 Å². The second-order valence-electron chi connectivity index (χ2n) is 6.31. The van der Waals surface area contributed by atoms with Crippen LogP contribution in [0.15, 0.2) is 73.1 Å². The Morgan fingerprint density at radius 2 is 1.56 bits per heavy atom. The lowest BCUT2D eigenvalue weighted by molar-refractivity contribution is -0.116. The van der Waals surface area contributed by atoms with Gasteiger partial charge >= 0.3 is 0 Å². The fraction of sp³-hybridized carbons (Fsp3) is 0.136. The number of aromatic nitrogens is 1. The third-order valence-electron chi connectivity index (χ3n) is 4.11.